The molecular formula is C14H17BrN6S. The van der Waals surface area contributed by atoms with Crippen molar-refractivity contribution in [2.24, 2.45) is 7.05 Å². The van der Waals surface area contributed by atoms with Gasteiger partial charge in [0.1, 0.15) is 0 Å². The maximum absolute atomic E-state index is 4.43. The van der Waals surface area contributed by atoms with Crippen LogP contribution in [0.3, 0.4) is 0 Å². The van der Waals surface area contributed by atoms with Gasteiger partial charge in [-0.3, -0.25) is 9.36 Å². The van der Waals surface area contributed by atoms with Crippen molar-refractivity contribution in [2.75, 3.05) is 5.32 Å². The van der Waals surface area contributed by atoms with Crippen molar-refractivity contribution >= 4 is 32.4 Å². The van der Waals surface area contributed by atoms with Crippen molar-refractivity contribution in [3.05, 3.63) is 44.9 Å². The lowest BCUT2D eigenvalue weighted by molar-refractivity contribution is 0.693. The lowest BCUT2D eigenvalue weighted by Crippen LogP contribution is -2.01. The first kappa shape index (κ1) is 15.2. The summed E-state index contributed by atoms with van der Waals surface area (Å²) in [4.78, 5) is 5.59. The van der Waals surface area contributed by atoms with E-state index < -0.39 is 0 Å². The van der Waals surface area contributed by atoms with Gasteiger partial charge in [-0.1, -0.05) is 0 Å². The minimum absolute atomic E-state index is 0.732. The van der Waals surface area contributed by atoms with Crippen molar-refractivity contribution < 1.29 is 0 Å². The molecule has 0 amide bonds. The van der Waals surface area contributed by atoms with Gasteiger partial charge in [-0.15, -0.1) is 11.3 Å². The number of halogens is 1. The molecule has 116 valence electrons. The Morgan fingerprint density at radius 1 is 1.32 bits per heavy atom. The Hall–Kier alpha value is -1.67. The van der Waals surface area contributed by atoms with Gasteiger partial charge in [0, 0.05) is 42.1 Å². The second-order valence-electron chi connectivity index (χ2n) is 5.11. The topological polar surface area (TPSA) is 60.6 Å². The Morgan fingerprint density at radius 2 is 2.14 bits per heavy atom. The fraction of sp³-hybridized carbons (Fsp3) is 0.357. The van der Waals surface area contributed by atoms with Crippen LogP contribution in [0.15, 0.2) is 23.1 Å². The number of nitrogens with one attached hydrogen (secondary N) is 1. The van der Waals surface area contributed by atoms with Crippen LogP contribution in [0.25, 0.3) is 0 Å². The molecule has 0 spiro atoms. The molecule has 6 nitrogen and oxygen atoms in total. The van der Waals surface area contributed by atoms with Crippen LogP contribution >= 0.6 is 27.3 Å². The number of aryl methyl sites for hydroxylation is 2. The van der Waals surface area contributed by atoms with E-state index >= 15 is 0 Å². The van der Waals surface area contributed by atoms with E-state index in [1.165, 1.54) is 11.3 Å². The van der Waals surface area contributed by atoms with Crippen molar-refractivity contribution in [2.45, 2.75) is 26.9 Å². The smallest absolute Gasteiger partial charge is 0.183 e. The van der Waals surface area contributed by atoms with Gasteiger partial charge in [0.15, 0.2) is 5.13 Å². The summed E-state index contributed by atoms with van der Waals surface area (Å²) < 4.78 is 4.78. The van der Waals surface area contributed by atoms with E-state index in [9.17, 15) is 0 Å². The molecule has 0 fully saturated rings. The monoisotopic (exact) mass is 380 g/mol. The maximum Gasteiger partial charge on any atom is 0.183 e. The first-order valence-electron chi connectivity index (χ1n) is 6.88. The molecular weight excluding hydrogens is 364 g/mol. The molecule has 0 aliphatic carbocycles. The summed E-state index contributed by atoms with van der Waals surface area (Å²) in [5.74, 6) is 0. The molecule has 3 rings (SSSR count). The molecule has 0 atom stereocenters. The van der Waals surface area contributed by atoms with E-state index in [0.29, 0.717) is 0 Å². The van der Waals surface area contributed by atoms with E-state index in [1.54, 1.807) is 17.5 Å². The number of aromatic nitrogens is 5. The van der Waals surface area contributed by atoms with E-state index in [-0.39, 0.29) is 0 Å². The average Bonchev–Trinajstić information content (AvgIpc) is 3.13. The minimum atomic E-state index is 0.732. The van der Waals surface area contributed by atoms with Crippen LogP contribution in [0.4, 0.5) is 5.13 Å². The molecule has 8 heteroatoms. The van der Waals surface area contributed by atoms with Crippen LogP contribution < -0.4 is 5.32 Å². The van der Waals surface area contributed by atoms with Crippen molar-refractivity contribution in [1.29, 1.82) is 0 Å². The molecule has 0 aliphatic heterocycles. The number of anilines is 1. The van der Waals surface area contributed by atoms with Crippen molar-refractivity contribution in [1.82, 2.24) is 24.5 Å². The zero-order valence-corrected chi connectivity index (χ0v) is 15.1. The molecule has 0 aromatic carbocycles. The van der Waals surface area contributed by atoms with E-state index in [4.69, 9.17) is 0 Å². The Labute approximate surface area is 141 Å². The fourth-order valence-electron chi connectivity index (χ4n) is 2.28. The number of rotatable bonds is 5. The van der Waals surface area contributed by atoms with Gasteiger partial charge in [0.25, 0.3) is 0 Å². The SMILES string of the molecule is Cc1nn(C)c(C)c1CNc1ncc(Cn2cc(Br)cn2)s1. The van der Waals surface area contributed by atoms with Crippen LogP contribution in [0.5, 0.6) is 0 Å². The van der Waals surface area contributed by atoms with Crippen LogP contribution in [0.2, 0.25) is 0 Å². The van der Waals surface area contributed by atoms with Crippen LogP contribution in [-0.4, -0.2) is 24.5 Å². The first-order chi connectivity index (χ1) is 10.5. The largest absolute Gasteiger partial charge is 0.357 e. The third-order valence-corrected chi connectivity index (χ3v) is 4.90. The van der Waals surface area contributed by atoms with Gasteiger partial charge in [0.2, 0.25) is 0 Å². The number of thiazole rings is 1. The third kappa shape index (κ3) is 3.22. The molecule has 22 heavy (non-hydrogen) atoms. The molecule has 3 aromatic heterocycles. The van der Waals surface area contributed by atoms with Gasteiger partial charge in [0.05, 0.1) is 22.9 Å². The highest BCUT2D eigenvalue weighted by molar-refractivity contribution is 9.10. The van der Waals surface area contributed by atoms with Gasteiger partial charge in [-0.05, 0) is 29.8 Å². The highest BCUT2D eigenvalue weighted by atomic mass is 79.9. The molecule has 3 aromatic rings. The molecule has 0 radical (unpaired) electrons. The molecule has 3 heterocycles. The lowest BCUT2D eigenvalue weighted by atomic mass is 10.2. The van der Waals surface area contributed by atoms with Crippen LogP contribution in [-0.2, 0) is 20.1 Å². The summed E-state index contributed by atoms with van der Waals surface area (Å²) >= 11 is 5.05. The molecule has 0 saturated carbocycles. The normalized spacial score (nSPS) is 11.1. The number of nitrogens with zero attached hydrogens (tertiary/aromatic N) is 5. The van der Waals surface area contributed by atoms with Gasteiger partial charge < -0.3 is 5.32 Å². The standard InChI is InChI=1S/C14H17BrN6S/c1-9-13(10(2)20(3)19-9)6-17-14-16-5-12(22-14)8-21-7-11(15)4-18-21/h4-5,7H,6,8H2,1-3H3,(H,16,17). The second-order valence-corrected chi connectivity index (χ2v) is 7.15. The van der Waals surface area contributed by atoms with Crippen LogP contribution in [0.1, 0.15) is 21.8 Å². The quantitative estimate of drug-likeness (QED) is 0.738. The number of hydrogen-bond acceptors (Lipinski definition) is 5. The van der Waals surface area contributed by atoms with Gasteiger partial charge in [-0.2, -0.15) is 10.2 Å². The van der Waals surface area contributed by atoms with Gasteiger partial charge >= 0.3 is 0 Å². The van der Waals surface area contributed by atoms with E-state index in [2.05, 4.69) is 43.4 Å². The maximum atomic E-state index is 4.43. The Bertz CT molecular complexity index is 787. The lowest BCUT2D eigenvalue weighted by Gasteiger charge is -2.03. The first-order valence-corrected chi connectivity index (χ1v) is 8.49. The molecule has 0 bridgehead atoms. The molecule has 0 aliphatic rings. The summed E-state index contributed by atoms with van der Waals surface area (Å²) in [6.45, 7) is 5.59. The van der Waals surface area contributed by atoms with Crippen molar-refractivity contribution in [3.8, 4) is 0 Å². The molecule has 1 N–H and O–H groups in total. The van der Waals surface area contributed by atoms with Gasteiger partial charge in [-0.25, -0.2) is 4.98 Å². The summed E-state index contributed by atoms with van der Waals surface area (Å²) in [5.41, 5.74) is 3.48. The Balaban J connectivity index is 1.64. The molecule has 0 saturated heterocycles. The summed E-state index contributed by atoms with van der Waals surface area (Å²) in [5, 5.41) is 13.0. The predicted molar refractivity (Wildman–Crippen MR) is 91.2 cm³/mol. The summed E-state index contributed by atoms with van der Waals surface area (Å²) in [6, 6.07) is 0. The van der Waals surface area contributed by atoms with Crippen molar-refractivity contribution in [3.63, 3.8) is 0 Å². The summed E-state index contributed by atoms with van der Waals surface area (Å²) in [6.07, 6.45) is 5.63. The molecule has 0 unspecified atom stereocenters. The zero-order chi connectivity index (χ0) is 15.7. The minimum Gasteiger partial charge on any atom is -0.357 e. The number of hydrogen-bond donors (Lipinski definition) is 1. The fourth-order valence-corrected chi connectivity index (χ4v) is 3.41. The van der Waals surface area contributed by atoms with E-state index in [0.717, 1.165) is 33.3 Å². The average molecular weight is 381 g/mol. The zero-order valence-electron chi connectivity index (χ0n) is 12.7. The predicted octanol–water partition coefficient (Wildman–Crippen LogP) is 3.11. The second kappa shape index (κ2) is 6.21. The van der Waals surface area contributed by atoms with Crippen LogP contribution in [0, 0.1) is 13.8 Å². The highest BCUT2D eigenvalue weighted by Crippen LogP contribution is 2.21. The Morgan fingerprint density at radius 3 is 2.77 bits per heavy atom. The van der Waals surface area contributed by atoms with E-state index in [1.807, 2.05) is 35.7 Å². The highest BCUT2D eigenvalue weighted by Gasteiger charge is 2.10. The summed E-state index contributed by atoms with van der Waals surface area (Å²) in [7, 11) is 1.97. The Kier molecular flexibility index (Phi) is 4.30. The third-order valence-electron chi connectivity index (χ3n) is 3.55.